The molecule has 2 aromatic heterocycles. The van der Waals surface area contributed by atoms with Crippen LogP contribution in [0.2, 0.25) is 0 Å². The number of rotatable bonds is 5. The topological polar surface area (TPSA) is 53.4 Å². The third-order valence-electron chi connectivity index (χ3n) is 6.08. The normalized spacial score (nSPS) is 14.6. The van der Waals surface area contributed by atoms with Crippen molar-refractivity contribution in [3.05, 3.63) is 95.0 Å². The van der Waals surface area contributed by atoms with Gasteiger partial charge in [-0.2, -0.15) is 0 Å². The van der Waals surface area contributed by atoms with E-state index in [2.05, 4.69) is 63.5 Å². The average Bonchev–Trinajstić information content (AvgIpc) is 2.83. The highest BCUT2D eigenvalue weighted by Crippen LogP contribution is 2.24. The SMILES string of the molecule is CN1CCN(c2ccc(Nc3ccc4ccc(=O)n(Cc5cccnc5)c4c3)cc2)CC1. The Morgan fingerprint density at radius 3 is 2.41 bits per heavy atom. The lowest BCUT2D eigenvalue weighted by molar-refractivity contribution is 0.313. The van der Waals surface area contributed by atoms with Crippen LogP contribution < -0.4 is 15.8 Å². The Kier molecular flexibility index (Phi) is 5.60. The molecule has 1 aliphatic heterocycles. The van der Waals surface area contributed by atoms with Crippen LogP contribution in [0.15, 0.2) is 83.9 Å². The summed E-state index contributed by atoms with van der Waals surface area (Å²) in [6.45, 7) is 4.80. The van der Waals surface area contributed by atoms with Crippen molar-refractivity contribution >= 4 is 28.0 Å². The predicted molar refractivity (Wildman–Crippen MR) is 131 cm³/mol. The van der Waals surface area contributed by atoms with Gasteiger partial charge in [0.1, 0.15) is 0 Å². The molecule has 0 atom stereocenters. The number of anilines is 3. The summed E-state index contributed by atoms with van der Waals surface area (Å²) in [5, 5.41) is 4.52. The second-order valence-electron chi connectivity index (χ2n) is 8.35. The van der Waals surface area contributed by atoms with Crippen LogP contribution in [-0.2, 0) is 6.54 Å². The first-order valence-corrected chi connectivity index (χ1v) is 11.0. The molecule has 6 heteroatoms. The Morgan fingerprint density at radius 1 is 0.906 bits per heavy atom. The lowest BCUT2D eigenvalue weighted by atomic mass is 10.1. The van der Waals surface area contributed by atoms with Crippen LogP contribution in [-0.4, -0.2) is 47.7 Å². The Bertz CT molecular complexity index is 1260. The molecule has 32 heavy (non-hydrogen) atoms. The van der Waals surface area contributed by atoms with Crippen LogP contribution >= 0.6 is 0 Å². The van der Waals surface area contributed by atoms with Crippen molar-refractivity contribution in [3.63, 3.8) is 0 Å². The van der Waals surface area contributed by atoms with E-state index in [4.69, 9.17) is 0 Å². The standard InChI is InChI=1S/C26H27N5O/c1-29-13-15-30(16-14-29)24-9-7-22(8-10-24)28-23-6-4-21-5-11-26(32)31(25(21)17-23)19-20-3-2-12-27-18-20/h2-12,17-18,28H,13-16,19H2,1H3. The molecule has 0 saturated carbocycles. The Hall–Kier alpha value is -3.64. The van der Waals surface area contributed by atoms with E-state index in [-0.39, 0.29) is 5.56 Å². The summed E-state index contributed by atoms with van der Waals surface area (Å²) in [6, 6.07) is 22.1. The van der Waals surface area contributed by atoms with Crippen molar-refractivity contribution < 1.29 is 0 Å². The first-order valence-electron chi connectivity index (χ1n) is 11.0. The number of nitrogens with one attached hydrogen (secondary N) is 1. The molecule has 1 N–H and O–H groups in total. The summed E-state index contributed by atoms with van der Waals surface area (Å²) >= 11 is 0. The fourth-order valence-corrected chi connectivity index (χ4v) is 4.19. The smallest absolute Gasteiger partial charge is 0.251 e. The van der Waals surface area contributed by atoms with Gasteiger partial charge >= 0.3 is 0 Å². The number of piperazine rings is 1. The number of hydrogen-bond donors (Lipinski definition) is 1. The molecular formula is C26H27N5O. The van der Waals surface area contributed by atoms with Gasteiger partial charge in [0.2, 0.25) is 0 Å². The van der Waals surface area contributed by atoms with Gasteiger partial charge in [0.25, 0.3) is 5.56 Å². The van der Waals surface area contributed by atoms with Crippen molar-refractivity contribution in [1.82, 2.24) is 14.5 Å². The monoisotopic (exact) mass is 425 g/mol. The predicted octanol–water partition coefficient (Wildman–Crippen LogP) is 3.94. The molecule has 0 aliphatic carbocycles. The molecule has 2 aromatic carbocycles. The highest BCUT2D eigenvalue weighted by molar-refractivity contribution is 5.83. The quantitative estimate of drug-likeness (QED) is 0.525. The lowest BCUT2D eigenvalue weighted by Gasteiger charge is -2.34. The zero-order chi connectivity index (χ0) is 21.9. The van der Waals surface area contributed by atoms with Crippen molar-refractivity contribution in [2.45, 2.75) is 6.54 Å². The van der Waals surface area contributed by atoms with Gasteiger partial charge in [0.05, 0.1) is 12.1 Å². The van der Waals surface area contributed by atoms with E-state index in [0.717, 1.165) is 54.0 Å². The number of pyridine rings is 2. The molecule has 0 radical (unpaired) electrons. The van der Waals surface area contributed by atoms with Gasteiger partial charge in [0.15, 0.2) is 0 Å². The summed E-state index contributed by atoms with van der Waals surface area (Å²) < 4.78 is 1.80. The van der Waals surface area contributed by atoms with Gasteiger partial charge in [0, 0.05) is 61.7 Å². The van der Waals surface area contributed by atoms with E-state index in [0.29, 0.717) is 6.54 Å². The Balaban J connectivity index is 1.39. The second kappa shape index (κ2) is 8.85. The van der Waals surface area contributed by atoms with Gasteiger partial charge in [-0.15, -0.1) is 0 Å². The van der Waals surface area contributed by atoms with Crippen molar-refractivity contribution in [2.75, 3.05) is 43.4 Å². The summed E-state index contributed by atoms with van der Waals surface area (Å²) in [5.41, 5.74) is 5.12. The molecule has 1 fully saturated rings. The number of benzene rings is 2. The number of hydrogen-bond acceptors (Lipinski definition) is 5. The molecule has 0 spiro atoms. The van der Waals surface area contributed by atoms with E-state index < -0.39 is 0 Å². The molecule has 1 aliphatic rings. The molecule has 0 amide bonds. The second-order valence-corrected chi connectivity index (χ2v) is 8.35. The summed E-state index contributed by atoms with van der Waals surface area (Å²) in [6.07, 6.45) is 3.54. The maximum absolute atomic E-state index is 12.6. The molecule has 6 nitrogen and oxygen atoms in total. The first-order chi connectivity index (χ1) is 15.7. The summed E-state index contributed by atoms with van der Waals surface area (Å²) in [7, 11) is 2.17. The summed E-state index contributed by atoms with van der Waals surface area (Å²) in [5.74, 6) is 0. The van der Waals surface area contributed by atoms with Crippen molar-refractivity contribution in [2.24, 2.45) is 0 Å². The van der Waals surface area contributed by atoms with Gasteiger partial charge in [-0.05, 0) is 66.5 Å². The molecule has 5 rings (SSSR count). The maximum atomic E-state index is 12.6. The summed E-state index contributed by atoms with van der Waals surface area (Å²) in [4.78, 5) is 21.6. The van der Waals surface area contributed by atoms with Gasteiger partial charge in [-0.25, -0.2) is 0 Å². The molecule has 4 aromatic rings. The number of nitrogens with zero attached hydrogens (tertiary/aromatic N) is 4. The molecule has 0 bridgehead atoms. The largest absolute Gasteiger partial charge is 0.369 e. The minimum atomic E-state index is -0.0185. The Labute approximate surface area is 187 Å². The number of aromatic nitrogens is 2. The minimum absolute atomic E-state index is 0.0185. The first kappa shape index (κ1) is 20.3. The Morgan fingerprint density at radius 2 is 1.66 bits per heavy atom. The lowest BCUT2D eigenvalue weighted by Crippen LogP contribution is -2.44. The zero-order valence-corrected chi connectivity index (χ0v) is 18.2. The van der Waals surface area contributed by atoms with Crippen molar-refractivity contribution in [1.29, 1.82) is 0 Å². The van der Waals surface area contributed by atoms with Crippen LogP contribution in [0.1, 0.15) is 5.56 Å². The molecule has 1 saturated heterocycles. The fourth-order valence-electron chi connectivity index (χ4n) is 4.19. The average molecular weight is 426 g/mol. The highest BCUT2D eigenvalue weighted by Gasteiger charge is 2.14. The van der Waals surface area contributed by atoms with E-state index in [1.807, 2.05) is 24.3 Å². The third kappa shape index (κ3) is 4.36. The molecular weight excluding hydrogens is 398 g/mol. The van der Waals surface area contributed by atoms with Crippen LogP contribution in [0, 0.1) is 0 Å². The van der Waals surface area contributed by atoms with E-state index in [1.54, 1.807) is 23.0 Å². The zero-order valence-electron chi connectivity index (χ0n) is 18.2. The van der Waals surface area contributed by atoms with Crippen LogP contribution in [0.4, 0.5) is 17.1 Å². The van der Waals surface area contributed by atoms with Gasteiger partial charge < -0.3 is 19.7 Å². The van der Waals surface area contributed by atoms with E-state index in [9.17, 15) is 4.79 Å². The molecule has 3 heterocycles. The number of fused-ring (bicyclic) bond motifs is 1. The van der Waals surface area contributed by atoms with E-state index in [1.165, 1.54) is 5.69 Å². The minimum Gasteiger partial charge on any atom is -0.369 e. The maximum Gasteiger partial charge on any atom is 0.251 e. The fraction of sp³-hybridized carbons (Fsp3) is 0.231. The molecule has 162 valence electrons. The van der Waals surface area contributed by atoms with Crippen LogP contribution in [0.3, 0.4) is 0 Å². The third-order valence-corrected chi connectivity index (χ3v) is 6.08. The van der Waals surface area contributed by atoms with Crippen LogP contribution in [0.5, 0.6) is 0 Å². The molecule has 0 unspecified atom stereocenters. The van der Waals surface area contributed by atoms with Gasteiger partial charge in [-0.1, -0.05) is 12.1 Å². The number of likely N-dealkylation sites (N-methyl/N-ethyl adjacent to an activating group) is 1. The van der Waals surface area contributed by atoms with Crippen molar-refractivity contribution in [3.8, 4) is 0 Å². The highest BCUT2D eigenvalue weighted by atomic mass is 16.1. The van der Waals surface area contributed by atoms with E-state index >= 15 is 0 Å². The van der Waals surface area contributed by atoms with Gasteiger partial charge in [-0.3, -0.25) is 9.78 Å². The van der Waals surface area contributed by atoms with Crippen LogP contribution in [0.25, 0.3) is 10.9 Å².